The van der Waals surface area contributed by atoms with E-state index in [1.807, 2.05) is 0 Å². The fourth-order valence-corrected chi connectivity index (χ4v) is 0.746. The highest BCUT2D eigenvalue weighted by Crippen LogP contribution is 2.01. The Balaban J connectivity index is 2.50. The maximum Gasteiger partial charge on any atom is 0.199 e. The van der Waals surface area contributed by atoms with Crippen LogP contribution < -0.4 is 16.4 Å². The van der Waals surface area contributed by atoms with E-state index < -0.39 is 0 Å². The van der Waals surface area contributed by atoms with Gasteiger partial charge < -0.3 is 11.1 Å². The molecule has 0 fully saturated rings. The minimum atomic E-state index is -0.272. The summed E-state index contributed by atoms with van der Waals surface area (Å²) in [5, 5.41) is 19.1. The molecule has 6 heteroatoms. The summed E-state index contributed by atoms with van der Waals surface area (Å²) in [4.78, 5) is 3.82. The summed E-state index contributed by atoms with van der Waals surface area (Å²) in [6, 6.07) is 3.41. The quantitative estimate of drug-likeness (QED) is 0.305. The van der Waals surface area contributed by atoms with E-state index >= 15 is 0 Å². The van der Waals surface area contributed by atoms with Crippen molar-refractivity contribution in [1.29, 1.82) is 10.8 Å². The van der Waals surface area contributed by atoms with Crippen LogP contribution in [0.1, 0.15) is 0 Å². The Kier molecular flexibility index (Phi) is 2.80. The minimum absolute atomic E-state index is 0.0429. The van der Waals surface area contributed by atoms with Gasteiger partial charge in [-0.1, -0.05) is 0 Å². The first-order valence-corrected chi connectivity index (χ1v) is 3.55. The number of nitrogens with two attached hydrogens (primary N) is 1. The van der Waals surface area contributed by atoms with Crippen molar-refractivity contribution in [2.45, 2.75) is 0 Å². The van der Waals surface area contributed by atoms with Crippen molar-refractivity contribution in [3.8, 4) is 0 Å². The van der Waals surface area contributed by atoms with Crippen molar-refractivity contribution in [3.05, 3.63) is 24.5 Å². The smallest absolute Gasteiger partial charge is 0.199 e. The molecule has 0 saturated carbocycles. The lowest BCUT2D eigenvalue weighted by Gasteiger charge is -2.07. The SMILES string of the molecule is N=C(N)NC(=N)Nc1ccncc1. The lowest BCUT2D eigenvalue weighted by molar-refractivity contribution is 1.20. The number of hydrogen-bond acceptors (Lipinski definition) is 3. The van der Waals surface area contributed by atoms with Crippen molar-refractivity contribution < 1.29 is 0 Å². The molecule has 0 radical (unpaired) electrons. The molecule has 0 aliphatic rings. The number of guanidine groups is 2. The van der Waals surface area contributed by atoms with Crippen molar-refractivity contribution in [2.24, 2.45) is 5.73 Å². The first-order chi connectivity index (χ1) is 6.18. The van der Waals surface area contributed by atoms with Crippen LogP contribution in [0.4, 0.5) is 5.69 Å². The molecule has 68 valence electrons. The topological polar surface area (TPSA) is 111 Å². The van der Waals surface area contributed by atoms with Gasteiger partial charge in [0.2, 0.25) is 0 Å². The van der Waals surface area contributed by atoms with Gasteiger partial charge in [0, 0.05) is 18.1 Å². The Hall–Kier alpha value is -2.11. The van der Waals surface area contributed by atoms with E-state index in [1.165, 1.54) is 0 Å². The van der Waals surface area contributed by atoms with Gasteiger partial charge in [-0.15, -0.1) is 0 Å². The van der Waals surface area contributed by atoms with Crippen molar-refractivity contribution in [2.75, 3.05) is 5.32 Å². The highest BCUT2D eigenvalue weighted by atomic mass is 15.2. The Bertz CT molecular complexity index is 306. The van der Waals surface area contributed by atoms with E-state index in [1.54, 1.807) is 24.5 Å². The van der Waals surface area contributed by atoms with Crippen LogP contribution in [-0.4, -0.2) is 16.9 Å². The zero-order valence-electron chi connectivity index (χ0n) is 6.83. The van der Waals surface area contributed by atoms with Crippen LogP contribution in [0.15, 0.2) is 24.5 Å². The maximum absolute atomic E-state index is 7.29. The largest absolute Gasteiger partial charge is 0.370 e. The Morgan fingerprint density at radius 1 is 1.31 bits per heavy atom. The van der Waals surface area contributed by atoms with Crippen molar-refractivity contribution in [1.82, 2.24) is 10.3 Å². The summed E-state index contributed by atoms with van der Waals surface area (Å²) >= 11 is 0. The summed E-state index contributed by atoms with van der Waals surface area (Å²) in [7, 11) is 0. The summed E-state index contributed by atoms with van der Waals surface area (Å²) in [6.07, 6.45) is 3.20. The number of rotatable bonds is 1. The second-order valence-electron chi connectivity index (χ2n) is 2.27. The normalized spacial score (nSPS) is 8.92. The molecule has 0 bridgehead atoms. The Morgan fingerprint density at radius 3 is 2.46 bits per heavy atom. The number of nitrogens with one attached hydrogen (secondary N) is 4. The third-order valence-electron chi connectivity index (χ3n) is 1.21. The zero-order valence-corrected chi connectivity index (χ0v) is 6.83. The number of pyridine rings is 1. The molecule has 0 spiro atoms. The third-order valence-corrected chi connectivity index (χ3v) is 1.21. The molecule has 6 N–H and O–H groups in total. The molecule has 0 aliphatic carbocycles. The number of anilines is 1. The number of hydrogen-bond donors (Lipinski definition) is 5. The average Bonchev–Trinajstić information content (AvgIpc) is 2.04. The molecule has 6 nitrogen and oxygen atoms in total. The monoisotopic (exact) mass is 178 g/mol. The predicted octanol–water partition coefficient (Wildman–Crippen LogP) is -0.0887. The van der Waals surface area contributed by atoms with Crippen LogP contribution in [0.2, 0.25) is 0 Å². The molecule has 13 heavy (non-hydrogen) atoms. The van der Waals surface area contributed by atoms with Crippen LogP contribution in [0.5, 0.6) is 0 Å². The molecule has 0 aliphatic heterocycles. The van der Waals surface area contributed by atoms with Gasteiger partial charge in [0.1, 0.15) is 0 Å². The van der Waals surface area contributed by atoms with E-state index in [-0.39, 0.29) is 11.9 Å². The van der Waals surface area contributed by atoms with Crippen LogP contribution >= 0.6 is 0 Å². The first kappa shape index (κ1) is 8.98. The fourth-order valence-electron chi connectivity index (χ4n) is 0.746. The molecule has 1 heterocycles. The average molecular weight is 178 g/mol. The second-order valence-corrected chi connectivity index (χ2v) is 2.27. The zero-order chi connectivity index (χ0) is 9.68. The highest BCUT2D eigenvalue weighted by Gasteiger charge is 1.96. The van der Waals surface area contributed by atoms with E-state index in [2.05, 4.69) is 15.6 Å². The molecule has 0 amide bonds. The van der Waals surface area contributed by atoms with E-state index in [4.69, 9.17) is 16.6 Å². The second kappa shape index (κ2) is 4.05. The van der Waals surface area contributed by atoms with Gasteiger partial charge in [-0.25, -0.2) is 0 Å². The van der Waals surface area contributed by atoms with Crippen LogP contribution in [0.3, 0.4) is 0 Å². The first-order valence-electron chi connectivity index (χ1n) is 3.55. The molecule has 1 rings (SSSR count). The Morgan fingerprint density at radius 2 is 1.92 bits per heavy atom. The minimum Gasteiger partial charge on any atom is -0.370 e. The van der Waals surface area contributed by atoms with Crippen LogP contribution in [0.25, 0.3) is 0 Å². The number of aromatic nitrogens is 1. The van der Waals surface area contributed by atoms with Gasteiger partial charge in [0.15, 0.2) is 11.9 Å². The molecule has 0 atom stereocenters. The van der Waals surface area contributed by atoms with Gasteiger partial charge in [-0.2, -0.15) is 0 Å². The summed E-state index contributed by atoms with van der Waals surface area (Å²) in [5.41, 5.74) is 5.74. The lowest BCUT2D eigenvalue weighted by atomic mass is 10.4. The molecule has 1 aromatic heterocycles. The van der Waals surface area contributed by atoms with Gasteiger partial charge in [0.05, 0.1) is 0 Å². The highest BCUT2D eigenvalue weighted by molar-refractivity contribution is 6.01. The van der Waals surface area contributed by atoms with Gasteiger partial charge in [-0.05, 0) is 12.1 Å². The molecular weight excluding hydrogens is 168 g/mol. The lowest BCUT2D eigenvalue weighted by Crippen LogP contribution is -2.39. The van der Waals surface area contributed by atoms with Crippen molar-refractivity contribution >= 4 is 17.6 Å². The molecule has 0 aromatic carbocycles. The van der Waals surface area contributed by atoms with Crippen LogP contribution in [0, 0.1) is 10.8 Å². The van der Waals surface area contributed by atoms with E-state index in [9.17, 15) is 0 Å². The van der Waals surface area contributed by atoms with Crippen molar-refractivity contribution in [3.63, 3.8) is 0 Å². The summed E-state index contributed by atoms with van der Waals surface area (Å²) < 4.78 is 0. The van der Waals surface area contributed by atoms with Gasteiger partial charge in [0.25, 0.3) is 0 Å². The Labute approximate surface area is 75.2 Å². The third kappa shape index (κ3) is 3.19. The molecule has 1 aromatic rings. The standard InChI is InChI=1S/C7H10N6/c8-6(9)13-7(10)12-5-1-3-11-4-2-5/h1-4H,(H6,8,9,10,11,12,13). The predicted molar refractivity (Wildman–Crippen MR) is 50.6 cm³/mol. The van der Waals surface area contributed by atoms with Gasteiger partial charge in [-0.3, -0.25) is 21.1 Å². The molecule has 0 saturated heterocycles. The van der Waals surface area contributed by atoms with Crippen LogP contribution in [-0.2, 0) is 0 Å². The van der Waals surface area contributed by atoms with Gasteiger partial charge >= 0.3 is 0 Å². The molecular formula is C7H10N6. The fraction of sp³-hybridized carbons (Fsp3) is 0. The van der Waals surface area contributed by atoms with E-state index in [0.717, 1.165) is 0 Å². The summed E-state index contributed by atoms with van der Waals surface area (Å²) in [5.74, 6) is -0.315. The number of nitrogens with zero attached hydrogens (tertiary/aromatic N) is 1. The van der Waals surface area contributed by atoms with E-state index in [0.29, 0.717) is 5.69 Å². The summed E-state index contributed by atoms with van der Waals surface area (Å²) in [6.45, 7) is 0. The maximum atomic E-state index is 7.29. The molecule has 0 unspecified atom stereocenters.